The minimum absolute atomic E-state index is 0.134. The molecule has 0 bridgehead atoms. The number of rotatable bonds is 8. The molecule has 1 aromatic rings. The lowest BCUT2D eigenvalue weighted by molar-refractivity contribution is 0.0602. The SMILES string of the molecule is CCCc1nc(C(=O)N(CCOC)C(C)CC)n[nH]1. The van der Waals surface area contributed by atoms with Crippen LogP contribution < -0.4 is 0 Å². The van der Waals surface area contributed by atoms with Crippen LogP contribution in [0.3, 0.4) is 0 Å². The first-order valence-electron chi connectivity index (χ1n) is 6.85. The van der Waals surface area contributed by atoms with Gasteiger partial charge < -0.3 is 9.64 Å². The third-order valence-corrected chi connectivity index (χ3v) is 3.13. The lowest BCUT2D eigenvalue weighted by Gasteiger charge is -2.27. The Kier molecular flexibility index (Phi) is 6.49. The van der Waals surface area contributed by atoms with E-state index in [0.29, 0.717) is 13.2 Å². The van der Waals surface area contributed by atoms with Crippen LogP contribution in [0.5, 0.6) is 0 Å². The molecule has 1 unspecified atom stereocenters. The Balaban J connectivity index is 2.78. The van der Waals surface area contributed by atoms with Gasteiger partial charge in [0.05, 0.1) is 6.61 Å². The smallest absolute Gasteiger partial charge is 0.293 e. The summed E-state index contributed by atoms with van der Waals surface area (Å²) in [5.41, 5.74) is 0. The lowest BCUT2D eigenvalue weighted by Crippen LogP contribution is -2.41. The van der Waals surface area contributed by atoms with Gasteiger partial charge in [0.1, 0.15) is 5.82 Å². The Labute approximate surface area is 114 Å². The summed E-state index contributed by atoms with van der Waals surface area (Å²) >= 11 is 0. The number of H-pyrrole nitrogens is 1. The van der Waals surface area contributed by atoms with Crippen LogP contribution in [0.1, 0.15) is 50.1 Å². The van der Waals surface area contributed by atoms with Crippen LogP contribution in [0.15, 0.2) is 0 Å². The van der Waals surface area contributed by atoms with E-state index in [-0.39, 0.29) is 17.8 Å². The maximum atomic E-state index is 12.4. The maximum absolute atomic E-state index is 12.4. The molecule has 1 atom stereocenters. The molecule has 1 rings (SSSR count). The van der Waals surface area contributed by atoms with Crippen molar-refractivity contribution < 1.29 is 9.53 Å². The number of carbonyl (C=O) groups is 1. The average molecular weight is 268 g/mol. The highest BCUT2D eigenvalue weighted by molar-refractivity contribution is 5.90. The van der Waals surface area contributed by atoms with Gasteiger partial charge in [-0.25, -0.2) is 4.98 Å². The van der Waals surface area contributed by atoms with Gasteiger partial charge in [0, 0.05) is 26.1 Å². The predicted molar refractivity (Wildman–Crippen MR) is 73.0 cm³/mol. The largest absolute Gasteiger partial charge is 0.383 e. The fourth-order valence-corrected chi connectivity index (χ4v) is 1.80. The summed E-state index contributed by atoms with van der Waals surface area (Å²) < 4.78 is 5.05. The van der Waals surface area contributed by atoms with Gasteiger partial charge >= 0.3 is 0 Å². The molecule has 0 aliphatic carbocycles. The molecule has 19 heavy (non-hydrogen) atoms. The molecule has 0 spiro atoms. The average Bonchev–Trinajstić information content (AvgIpc) is 2.87. The molecule has 0 aromatic carbocycles. The summed E-state index contributed by atoms with van der Waals surface area (Å²) in [4.78, 5) is 18.4. The second-order valence-corrected chi connectivity index (χ2v) is 4.60. The standard InChI is InChI=1S/C13H24N4O2/c1-5-7-11-14-12(16-15-11)13(18)17(8-9-19-4)10(3)6-2/h10H,5-9H2,1-4H3,(H,14,15,16). The van der Waals surface area contributed by atoms with E-state index in [1.807, 2.05) is 6.92 Å². The van der Waals surface area contributed by atoms with Crippen LogP contribution in [-0.4, -0.2) is 52.3 Å². The molecule has 6 heteroatoms. The molecule has 0 saturated carbocycles. The van der Waals surface area contributed by atoms with Crippen molar-refractivity contribution in [2.45, 2.75) is 46.1 Å². The summed E-state index contributed by atoms with van der Waals surface area (Å²) in [7, 11) is 1.63. The van der Waals surface area contributed by atoms with Crippen molar-refractivity contribution in [3.63, 3.8) is 0 Å². The zero-order chi connectivity index (χ0) is 14.3. The summed E-state index contributed by atoms with van der Waals surface area (Å²) in [5.74, 6) is 0.881. The Morgan fingerprint density at radius 1 is 1.47 bits per heavy atom. The van der Waals surface area contributed by atoms with Crippen LogP contribution in [0.4, 0.5) is 0 Å². The van der Waals surface area contributed by atoms with Gasteiger partial charge in [-0.1, -0.05) is 13.8 Å². The second-order valence-electron chi connectivity index (χ2n) is 4.60. The summed E-state index contributed by atoms with van der Waals surface area (Å²) in [6.07, 6.45) is 2.67. The van der Waals surface area contributed by atoms with Crippen LogP contribution in [-0.2, 0) is 11.2 Å². The fraction of sp³-hybridized carbons (Fsp3) is 0.769. The van der Waals surface area contributed by atoms with Crippen molar-refractivity contribution in [2.75, 3.05) is 20.3 Å². The molecule has 1 heterocycles. The number of aryl methyl sites for hydroxylation is 1. The third-order valence-electron chi connectivity index (χ3n) is 3.13. The molecular weight excluding hydrogens is 244 g/mol. The molecule has 0 fully saturated rings. The minimum Gasteiger partial charge on any atom is -0.383 e. The number of aromatic amines is 1. The van der Waals surface area contributed by atoms with E-state index in [1.54, 1.807) is 12.0 Å². The van der Waals surface area contributed by atoms with E-state index in [9.17, 15) is 4.79 Å². The van der Waals surface area contributed by atoms with Crippen molar-refractivity contribution in [1.82, 2.24) is 20.1 Å². The van der Waals surface area contributed by atoms with Gasteiger partial charge in [-0.2, -0.15) is 0 Å². The normalized spacial score (nSPS) is 12.4. The Bertz CT molecular complexity index is 392. The molecule has 0 aliphatic heterocycles. The minimum atomic E-state index is -0.134. The van der Waals surface area contributed by atoms with Crippen molar-refractivity contribution >= 4 is 5.91 Å². The van der Waals surface area contributed by atoms with Crippen LogP contribution in [0.2, 0.25) is 0 Å². The Hall–Kier alpha value is -1.43. The fourth-order valence-electron chi connectivity index (χ4n) is 1.80. The Morgan fingerprint density at radius 2 is 2.21 bits per heavy atom. The monoisotopic (exact) mass is 268 g/mol. The third kappa shape index (κ3) is 4.31. The Morgan fingerprint density at radius 3 is 2.79 bits per heavy atom. The van der Waals surface area contributed by atoms with E-state index in [2.05, 4.69) is 29.0 Å². The topological polar surface area (TPSA) is 71.1 Å². The van der Waals surface area contributed by atoms with Gasteiger partial charge in [-0.05, 0) is 19.8 Å². The molecule has 0 radical (unpaired) electrons. The zero-order valence-electron chi connectivity index (χ0n) is 12.3. The van der Waals surface area contributed by atoms with Gasteiger partial charge in [0.15, 0.2) is 0 Å². The predicted octanol–water partition coefficient (Wildman–Crippen LogP) is 1.64. The molecule has 0 aliphatic rings. The van der Waals surface area contributed by atoms with E-state index >= 15 is 0 Å². The summed E-state index contributed by atoms with van der Waals surface area (Å²) in [6, 6.07) is 0.149. The number of amides is 1. The highest BCUT2D eigenvalue weighted by Gasteiger charge is 2.23. The molecule has 1 N–H and O–H groups in total. The number of nitrogens with one attached hydrogen (secondary N) is 1. The molecule has 6 nitrogen and oxygen atoms in total. The van der Waals surface area contributed by atoms with E-state index in [4.69, 9.17) is 4.74 Å². The lowest BCUT2D eigenvalue weighted by atomic mass is 10.2. The first-order chi connectivity index (χ1) is 9.13. The quantitative estimate of drug-likeness (QED) is 0.778. The summed E-state index contributed by atoms with van der Waals surface area (Å²) in [5, 5.41) is 6.83. The number of methoxy groups -OCH3 is 1. The second kappa shape index (κ2) is 7.89. The van der Waals surface area contributed by atoms with E-state index < -0.39 is 0 Å². The van der Waals surface area contributed by atoms with Crippen LogP contribution in [0.25, 0.3) is 0 Å². The molecule has 1 amide bonds. The number of hydrogen-bond donors (Lipinski definition) is 1. The molecule has 108 valence electrons. The van der Waals surface area contributed by atoms with Crippen molar-refractivity contribution in [1.29, 1.82) is 0 Å². The van der Waals surface area contributed by atoms with Crippen molar-refractivity contribution in [3.8, 4) is 0 Å². The van der Waals surface area contributed by atoms with Crippen LogP contribution in [0, 0.1) is 0 Å². The van der Waals surface area contributed by atoms with Gasteiger partial charge in [-0.15, -0.1) is 5.10 Å². The zero-order valence-corrected chi connectivity index (χ0v) is 12.3. The highest BCUT2D eigenvalue weighted by Crippen LogP contribution is 2.08. The molecule has 1 aromatic heterocycles. The summed E-state index contributed by atoms with van der Waals surface area (Å²) in [6.45, 7) is 7.21. The highest BCUT2D eigenvalue weighted by atomic mass is 16.5. The van der Waals surface area contributed by atoms with Crippen molar-refractivity contribution in [2.24, 2.45) is 0 Å². The van der Waals surface area contributed by atoms with Gasteiger partial charge in [-0.3, -0.25) is 9.89 Å². The van der Waals surface area contributed by atoms with Crippen LogP contribution >= 0.6 is 0 Å². The maximum Gasteiger partial charge on any atom is 0.293 e. The first-order valence-corrected chi connectivity index (χ1v) is 6.85. The van der Waals surface area contributed by atoms with Gasteiger partial charge in [0.25, 0.3) is 5.91 Å². The van der Waals surface area contributed by atoms with Gasteiger partial charge in [0.2, 0.25) is 5.82 Å². The number of carbonyl (C=O) groups excluding carboxylic acids is 1. The number of nitrogens with zero attached hydrogens (tertiary/aromatic N) is 3. The van der Waals surface area contributed by atoms with Crippen molar-refractivity contribution in [3.05, 3.63) is 11.6 Å². The molecule has 0 saturated heterocycles. The molecular formula is C13H24N4O2. The number of hydrogen-bond acceptors (Lipinski definition) is 4. The van der Waals surface area contributed by atoms with E-state index in [0.717, 1.165) is 25.1 Å². The number of aromatic nitrogens is 3. The first kappa shape index (κ1) is 15.6. The number of ether oxygens (including phenoxy) is 1. The van der Waals surface area contributed by atoms with E-state index in [1.165, 1.54) is 0 Å².